The van der Waals surface area contributed by atoms with Crippen molar-refractivity contribution in [2.45, 2.75) is 0 Å². The van der Waals surface area contributed by atoms with Crippen LogP contribution in [0.3, 0.4) is 0 Å². The van der Waals surface area contributed by atoms with Gasteiger partial charge in [0.1, 0.15) is 18.0 Å². The number of nitrogens with zero attached hydrogens (tertiary/aromatic N) is 2. The number of anilines is 2. The highest BCUT2D eigenvalue weighted by molar-refractivity contribution is 5.95. The second-order valence-electron chi connectivity index (χ2n) is 4.65. The van der Waals surface area contributed by atoms with E-state index in [2.05, 4.69) is 20.6 Å². The van der Waals surface area contributed by atoms with Crippen LogP contribution in [0, 0.1) is 5.82 Å². The van der Waals surface area contributed by atoms with Gasteiger partial charge in [0, 0.05) is 11.1 Å². The molecule has 0 saturated heterocycles. The van der Waals surface area contributed by atoms with E-state index in [-0.39, 0.29) is 12.5 Å². The van der Waals surface area contributed by atoms with Crippen molar-refractivity contribution in [1.29, 1.82) is 0 Å². The van der Waals surface area contributed by atoms with Crippen LogP contribution in [0.25, 0.3) is 10.9 Å². The van der Waals surface area contributed by atoms with Crippen molar-refractivity contribution in [3.8, 4) is 0 Å². The van der Waals surface area contributed by atoms with Gasteiger partial charge in [0.05, 0.1) is 12.1 Å². The van der Waals surface area contributed by atoms with Crippen LogP contribution in [0.4, 0.5) is 15.9 Å². The number of carbonyl (C=O) groups excluding carboxylic acids is 1. The maximum absolute atomic E-state index is 13.1. The van der Waals surface area contributed by atoms with E-state index < -0.39 is 5.82 Å². The molecular weight excluding hydrogens is 283 g/mol. The molecule has 0 aliphatic rings. The third-order valence-corrected chi connectivity index (χ3v) is 3.07. The zero-order chi connectivity index (χ0) is 15.4. The minimum absolute atomic E-state index is 0.0253. The fourth-order valence-corrected chi connectivity index (χ4v) is 2.08. The van der Waals surface area contributed by atoms with Crippen molar-refractivity contribution in [2.75, 3.05) is 17.2 Å². The molecule has 110 valence electrons. The van der Waals surface area contributed by atoms with E-state index in [4.69, 9.17) is 0 Å². The molecule has 0 aliphatic heterocycles. The minimum Gasteiger partial charge on any atom is -0.360 e. The van der Waals surface area contributed by atoms with E-state index in [1.54, 1.807) is 6.07 Å². The molecule has 0 spiro atoms. The van der Waals surface area contributed by atoms with E-state index in [0.717, 1.165) is 10.9 Å². The average molecular weight is 296 g/mol. The molecule has 0 radical (unpaired) electrons. The number of nitrogens with one attached hydrogen (secondary N) is 2. The lowest BCUT2D eigenvalue weighted by molar-refractivity contribution is -0.114. The number of halogens is 1. The van der Waals surface area contributed by atoms with Gasteiger partial charge in [-0.2, -0.15) is 0 Å². The second kappa shape index (κ2) is 6.17. The molecule has 1 amide bonds. The summed E-state index contributed by atoms with van der Waals surface area (Å²) in [6, 6.07) is 13.3. The van der Waals surface area contributed by atoms with E-state index in [0.29, 0.717) is 11.5 Å². The van der Waals surface area contributed by atoms with Crippen LogP contribution in [0.5, 0.6) is 0 Å². The van der Waals surface area contributed by atoms with Crippen LogP contribution in [-0.2, 0) is 4.79 Å². The number of rotatable bonds is 4. The first-order valence-corrected chi connectivity index (χ1v) is 6.71. The summed E-state index contributed by atoms with van der Waals surface area (Å²) < 4.78 is 13.1. The molecule has 0 bridgehead atoms. The van der Waals surface area contributed by atoms with Crippen molar-refractivity contribution >= 4 is 28.3 Å². The highest BCUT2D eigenvalue weighted by atomic mass is 19.1. The Morgan fingerprint density at radius 2 is 1.95 bits per heavy atom. The monoisotopic (exact) mass is 296 g/mol. The smallest absolute Gasteiger partial charge is 0.243 e. The molecule has 1 aromatic heterocycles. The van der Waals surface area contributed by atoms with Crippen molar-refractivity contribution in [1.82, 2.24) is 9.97 Å². The molecule has 0 atom stereocenters. The predicted molar refractivity (Wildman–Crippen MR) is 83.1 cm³/mol. The summed E-state index contributed by atoms with van der Waals surface area (Å²) in [4.78, 5) is 20.2. The van der Waals surface area contributed by atoms with Gasteiger partial charge in [-0.1, -0.05) is 18.2 Å². The topological polar surface area (TPSA) is 66.9 Å². The Morgan fingerprint density at radius 1 is 1.09 bits per heavy atom. The molecule has 0 saturated carbocycles. The molecule has 0 unspecified atom stereocenters. The number of hydrogen-bond donors (Lipinski definition) is 2. The van der Waals surface area contributed by atoms with Crippen molar-refractivity contribution in [3.05, 3.63) is 60.7 Å². The Kier molecular flexibility index (Phi) is 3.91. The SMILES string of the molecule is O=C(CNc1ncnc2ccccc12)Nc1cccc(F)c1. The molecule has 0 aliphatic carbocycles. The van der Waals surface area contributed by atoms with Gasteiger partial charge in [0.2, 0.25) is 5.91 Å². The zero-order valence-corrected chi connectivity index (χ0v) is 11.6. The highest BCUT2D eigenvalue weighted by Crippen LogP contribution is 2.18. The molecule has 2 N–H and O–H groups in total. The summed E-state index contributed by atoms with van der Waals surface area (Å²) >= 11 is 0. The minimum atomic E-state index is -0.396. The van der Waals surface area contributed by atoms with Crippen LogP contribution in [0.1, 0.15) is 0 Å². The largest absolute Gasteiger partial charge is 0.360 e. The van der Waals surface area contributed by atoms with Crippen molar-refractivity contribution < 1.29 is 9.18 Å². The van der Waals surface area contributed by atoms with Gasteiger partial charge in [0.15, 0.2) is 0 Å². The van der Waals surface area contributed by atoms with Crippen LogP contribution >= 0.6 is 0 Å². The summed E-state index contributed by atoms with van der Waals surface area (Å²) in [5.74, 6) is -0.0964. The van der Waals surface area contributed by atoms with Crippen molar-refractivity contribution in [2.24, 2.45) is 0 Å². The molecule has 5 nitrogen and oxygen atoms in total. The van der Waals surface area contributed by atoms with Crippen molar-refractivity contribution in [3.63, 3.8) is 0 Å². The van der Waals surface area contributed by atoms with Gasteiger partial charge in [-0.3, -0.25) is 4.79 Å². The lowest BCUT2D eigenvalue weighted by Gasteiger charge is -2.09. The standard InChI is InChI=1S/C16H13FN4O/c17-11-4-3-5-12(8-11)21-15(22)9-18-16-13-6-1-2-7-14(13)19-10-20-16/h1-8,10H,9H2,(H,21,22)(H,18,19,20). The third kappa shape index (κ3) is 3.17. The molecule has 6 heteroatoms. The van der Waals surface area contributed by atoms with Gasteiger partial charge in [-0.05, 0) is 30.3 Å². The first kappa shape index (κ1) is 13.9. The Balaban J connectivity index is 1.68. The van der Waals surface area contributed by atoms with Gasteiger partial charge in [0.25, 0.3) is 0 Å². The van der Waals surface area contributed by atoms with E-state index in [9.17, 15) is 9.18 Å². The number of carbonyl (C=O) groups is 1. The van der Waals surface area contributed by atoms with E-state index in [1.165, 1.54) is 24.5 Å². The summed E-state index contributed by atoms with van der Waals surface area (Å²) in [6.07, 6.45) is 1.44. The summed E-state index contributed by atoms with van der Waals surface area (Å²) in [5.41, 5.74) is 1.21. The lowest BCUT2D eigenvalue weighted by Crippen LogP contribution is -2.22. The van der Waals surface area contributed by atoms with Crippen LogP contribution in [0.2, 0.25) is 0 Å². The van der Waals surface area contributed by atoms with E-state index in [1.807, 2.05) is 24.3 Å². The fourth-order valence-electron chi connectivity index (χ4n) is 2.08. The van der Waals surface area contributed by atoms with Crippen LogP contribution < -0.4 is 10.6 Å². The summed E-state index contributed by atoms with van der Waals surface area (Å²) in [5, 5.41) is 6.42. The molecule has 2 aromatic carbocycles. The molecule has 22 heavy (non-hydrogen) atoms. The third-order valence-electron chi connectivity index (χ3n) is 3.07. The second-order valence-corrected chi connectivity index (χ2v) is 4.65. The van der Waals surface area contributed by atoms with Gasteiger partial charge >= 0.3 is 0 Å². The predicted octanol–water partition coefficient (Wildman–Crippen LogP) is 2.82. The highest BCUT2D eigenvalue weighted by Gasteiger charge is 2.06. The Hall–Kier alpha value is -3.02. The number of amides is 1. The van der Waals surface area contributed by atoms with Gasteiger partial charge < -0.3 is 10.6 Å². The maximum atomic E-state index is 13.1. The number of aromatic nitrogens is 2. The number of hydrogen-bond acceptors (Lipinski definition) is 4. The number of para-hydroxylation sites is 1. The molecule has 3 rings (SSSR count). The quantitative estimate of drug-likeness (QED) is 0.777. The van der Waals surface area contributed by atoms with Gasteiger partial charge in [-0.25, -0.2) is 14.4 Å². The lowest BCUT2D eigenvalue weighted by atomic mass is 10.2. The zero-order valence-electron chi connectivity index (χ0n) is 11.6. The molecule has 1 heterocycles. The number of benzene rings is 2. The molecule has 3 aromatic rings. The first-order valence-electron chi connectivity index (χ1n) is 6.71. The Labute approximate surface area is 126 Å². The number of fused-ring (bicyclic) bond motifs is 1. The van der Waals surface area contributed by atoms with E-state index >= 15 is 0 Å². The van der Waals surface area contributed by atoms with Gasteiger partial charge in [-0.15, -0.1) is 0 Å². The first-order chi connectivity index (χ1) is 10.7. The molecular formula is C16H13FN4O. The summed E-state index contributed by atoms with van der Waals surface area (Å²) in [7, 11) is 0. The van der Waals surface area contributed by atoms with Crippen LogP contribution in [0.15, 0.2) is 54.9 Å². The Bertz CT molecular complexity index is 817. The molecule has 0 fully saturated rings. The summed E-state index contributed by atoms with van der Waals surface area (Å²) in [6.45, 7) is 0.0253. The normalized spacial score (nSPS) is 10.4. The fraction of sp³-hybridized carbons (Fsp3) is 0.0625. The Morgan fingerprint density at radius 3 is 2.82 bits per heavy atom. The van der Waals surface area contributed by atoms with Crippen LogP contribution in [-0.4, -0.2) is 22.4 Å². The average Bonchev–Trinajstić information content (AvgIpc) is 2.53. The maximum Gasteiger partial charge on any atom is 0.243 e.